The van der Waals surface area contributed by atoms with Gasteiger partial charge in [0.25, 0.3) is 11.9 Å². The molecule has 2 aromatic heterocycles. The van der Waals surface area contributed by atoms with Crippen LogP contribution >= 0.6 is 0 Å². The van der Waals surface area contributed by atoms with E-state index in [9.17, 15) is 14.4 Å². The zero-order chi connectivity index (χ0) is 26.5. The number of nitrogens with one attached hydrogen (secondary N) is 1. The molecular formula is C27H32N6O5. The van der Waals surface area contributed by atoms with Gasteiger partial charge in [0.2, 0.25) is 5.91 Å². The Bertz CT molecular complexity index is 1290. The van der Waals surface area contributed by atoms with Crippen molar-refractivity contribution in [3.63, 3.8) is 0 Å². The lowest BCUT2D eigenvalue weighted by atomic mass is 9.94. The average Bonchev–Trinajstić information content (AvgIpc) is 3.78. The molecule has 0 bridgehead atoms. The summed E-state index contributed by atoms with van der Waals surface area (Å²) in [5.41, 5.74) is 2.61. The number of nitrogens with zero attached hydrogens (tertiary/aromatic N) is 5. The molecule has 3 amide bonds. The van der Waals surface area contributed by atoms with Crippen molar-refractivity contribution in [1.29, 1.82) is 0 Å². The Kier molecular flexibility index (Phi) is 7.83. The lowest BCUT2D eigenvalue weighted by Gasteiger charge is -2.35. The molecule has 3 aromatic rings. The number of anilines is 1. The number of morpholine rings is 1. The molecule has 1 saturated carbocycles. The largest absolute Gasteiger partial charge is 0.465 e. The van der Waals surface area contributed by atoms with Gasteiger partial charge in [0.05, 0.1) is 18.9 Å². The molecule has 6 rings (SSSR count). The highest BCUT2D eigenvalue weighted by Gasteiger charge is 2.31. The van der Waals surface area contributed by atoms with E-state index in [2.05, 4.69) is 15.4 Å². The molecule has 200 valence electrons. The third kappa shape index (κ3) is 6.10. The quantitative estimate of drug-likeness (QED) is 0.540. The number of carbonyl (C=O) groups is 3. The number of rotatable bonds is 4. The normalized spacial score (nSPS) is 17.5. The minimum atomic E-state index is -1.24. The predicted octanol–water partition coefficient (Wildman–Crippen LogP) is 3.37. The van der Waals surface area contributed by atoms with E-state index in [0.717, 1.165) is 11.3 Å². The standard InChI is InChI=1S/C24H26N6O5.C3H6/c31-21(28-10-8-18(9-11-28)22(32)29-12-14-35-15-13-29)17-6-4-16(5-7-17)19-2-1-3-20-25-23(26-24(33)34)27-30(19)20;1-2-3-1/h1-7,18H,8-15H2,(H,26,27)(H,33,34);1-3H2. The van der Waals surface area contributed by atoms with Gasteiger partial charge in [-0.1, -0.05) is 37.5 Å². The second-order valence-electron chi connectivity index (χ2n) is 9.69. The molecule has 2 saturated heterocycles. The zero-order valence-electron chi connectivity index (χ0n) is 21.2. The third-order valence-electron chi connectivity index (χ3n) is 6.81. The van der Waals surface area contributed by atoms with Gasteiger partial charge in [0.1, 0.15) is 0 Å². The van der Waals surface area contributed by atoms with Crippen molar-refractivity contribution < 1.29 is 24.2 Å². The molecule has 1 aromatic carbocycles. The number of fused-ring (bicyclic) bond motifs is 1. The maximum absolute atomic E-state index is 13.1. The van der Waals surface area contributed by atoms with Gasteiger partial charge in [-0.25, -0.2) is 9.31 Å². The van der Waals surface area contributed by atoms with Gasteiger partial charge in [0.15, 0.2) is 5.65 Å². The Morgan fingerprint density at radius 1 is 0.895 bits per heavy atom. The van der Waals surface area contributed by atoms with E-state index in [1.807, 2.05) is 29.2 Å². The summed E-state index contributed by atoms with van der Waals surface area (Å²) < 4.78 is 6.88. The predicted molar refractivity (Wildman–Crippen MR) is 140 cm³/mol. The molecule has 11 nitrogen and oxygen atoms in total. The molecule has 3 fully saturated rings. The molecule has 3 aliphatic rings. The van der Waals surface area contributed by atoms with Crippen LogP contribution in [0.4, 0.5) is 10.7 Å². The van der Waals surface area contributed by atoms with Crippen LogP contribution in [0.1, 0.15) is 42.5 Å². The van der Waals surface area contributed by atoms with Gasteiger partial charge in [-0.2, -0.15) is 4.98 Å². The summed E-state index contributed by atoms with van der Waals surface area (Å²) in [5.74, 6) is 0.0740. The molecule has 0 radical (unpaired) electrons. The number of hydrogen-bond acceptors (Lipinski definition) is 6. The van der Waals surface area contributed by atoms with Crippen LogP contribution in [-0.2, 0) is 9.53 Å². The number of hydrogen-bond donors (Lipinski definition) is 2. The van der Waals surface area contributed by atoms with E-state index in [-0.39, 0.29) is 23.7 Å². The van der Waals surface area contributed by atoms with Crippen LogP contribution in [0.5, 0.6) is 0 Å². The van der Waals surface area contributed by atoms with Crippen molar-refractivity contribution in [2.75, 3.05) is 44.7 Å². The summed E-state index contributed by atoms with van der Waals surface area (Å²) in [6.07, 6.45) is 4.60. The van der Waals surface area contributed by atoms with Crippen molar-refractivity contribution in [2.45, 2.75) is 32.1 Å². The topological polar surface area (TPSA) is 129 Å². The SMILES string of the molecule is C1CC1.O=C(O)Nc1nc2cccc(-c3ccc(C(=O)N4CCC(C(=O)N5CCOCC5)CC4)cc3)n2n1. The average molecular weight is 521 g/mol. The highest BCUT2D eigenvalue weighted by Crippen LogP contribution is 2.24. The molecule has 2 N–H and O–H groups in total. The summed E-state index contributed by atoms with van der Waals surface area (Å²) in [6.45, 7) is 3.57. The fraction of sp³-hybridized carbons (Fsp3) is 0.444. The second-order valence-corrected chi connectivity index (χ2v) is 9.69. The maximum atomic E-state index is 13.1. The zero-order valence-corrected chi connectivity index (χ0v) is 21.2. The minimum Gasteiger partial charge on any atom is -0.465 e. The Morgan fingerprint density at radius 3 is 2.21 bits per heavy atom. The lowest BCUT2D eigenvalue weighted by molar-refractivity contribution is -0.141. The van der Waals surface area contributed by atoms with Crippen LogP contribution in [0.15, 0.2) is 42.5 Å². The Labute approximate surface area is 220 Å². The first-order valence-corrected chi connectivity index (χ1v) is 13.1. The van der Waals surface area contributed by atoms with E-state index in [1.54, 1.807) is 27.6 Å². The van der Waals surface area contributed by atoms with E-state index in [0.29, 0.717) is 63.4 Å². The molecule has 2 aliphatic heterocycles. The Morgan fingerprint density at radius 2 is 1.58 bits per heavy atom. The molecule has 1 aliphatic carbocycles. The first-order valence-electron chi connectivity index (χ1n) is 13.1. The number of pyridine rings is 1. The molecule has 0 atom stereocenters. The van der Waals surface area contributed by atoms with Crippen LogP contribution in [-0.4, -0.2) is 86.8 Å². The number of ether oxygens (including phenoxy) is 1. The van der Waals surface area contributed by atoms with Gasteiger partial charge < -0.3 is 19.6 Å². The minimum absolute atomic E-state index is 0.00717. The molecule has 4 heterocycles. The third-order valence-corrected chi connectivity index (χ3v) is 6.81. The van der Waals surface area contributed by atoms with Crippen LogP contribution in [0, 0.1) is 5.92 Å². The number of aromatic nitrogens is 3. The number of benzene rings is 1. The second kappa shape index (κ2) is 11.6. The van der Waals surface area contributed by atoms with Gasteiger partial charge in [-0.15, -0.1) is 5.10 Å². The van der Waals surface area contributed by atoms with Gasteiger partial charge >= 0.3 is 6.09 Å². The van der Waals surface area contributed by atoms with Crippen molar-refractivity contribution in [3.8, 4) is 11.3 Å². The summed E-state index contributed by atoms with van der Waals surface area (Å²) >= 11 is 0. The molecule has 38 heavy (non-hydrogen) atoms. The number of carboxylic acid groups (broad SMARTS) is 1. The van der Waals surface area contributed by atoms with Crippen LogP contribution in [0.25, 0.3) is 16.9 Å². The van der Waals surface area contributed by atoms with Crippen molar-refractivity contribution in [3.05, 3.63) is 48.0 Å². The monoisotopic (exact) mass is 520 g/mol. The summed E-state index contributed by atoms with van der Waals surface area (Å²) in [7, 11) is 0. The van der Waals surface area contributed by atoms with Gasteiger partial charge in [-0.05, 0) is 37.1 Å². The summed E-state index contributed by atoms with van der Waals surface area (Å²) in [4.78, 5) is 44.5. The van der Waals surface area contributed by atoms with Crippen LogP contribution in [0.2, 0.25) is 0 Å². The highest BCUT2D eigenvalue weighted by molar-refractivity contribution is 5.95. The lowest BCUT2D eigenvalue weighted by Crippen LogP contribution is -2.47. The molecular weight excluding hydrogens is 488 g/mol. The maximum Gasteiger partial charge on any atom is 0.411 e. The van der Waals surface area contributed by atoms with E-state index >= 15 is 0 Å². The number of carbonyl (C=O) groups excluding carboxylic acids is 2. The first kappa shape index (κ1) is 25.7. The van der Waals surface area contributed by atoms with Crippen LogP contribution < -0.4 is 5.32 Å². The van der Waals surface area contributed by atoms with E-state index in [1.165, 1.54) is 19.3 Å². The van der Waals surface area contributed by atoms with Crippen LogP contribution in [0.3, 0.4) is 0 Å². The van der Waals surface area contributed by atoms with E-state index < -0.39 is 6.09 Å². The number of piperidine rings is 1. The fourth-order valence-corrected chi connectivity index (χ4v) is 4.61. The Balaban J connectivity index is 0.000000916. The number of likely N-dealkylation sites (tertiary alicyclic amines) is 1. The highest BCUT2D eigenvalue weighted by atomic mass is 16.5. The smallest absolute Gasteiger partial charge is 0.411 e. The van der Waals surface area contributed by atoms with Gasteiger partial charge in [0, 0.05) is 43.2 Å². The van der Waals surface area contributed by atoms with E-state index in [4.69, 9.17) is 9.84 Å². The van der Waals surface area contributed by atoms with Crippen molar-refractivity contribution in [1.82, 2.24) is 24.4 Å². The summed E-state index contributed by atoms with van der Waals surface area (Å²) in [6, 6.07) is 12.6. The first-order chi connectivity index (χ1) is 18.5. The summed E-state index contributed by atoms with van der Waals surface area (Å²) in [5, 5.41) is 15.3. The fourth-order valence-electron chi connectivity index (χ4n) is 4.61. The molecule has 0 spiro atoms. The van der Waals surface area contributed by atoms with Crippen molar-refractivity contribution >= 4 is 29.5 Å². The number of amides is 3. The molecule has 11 heteroatoms. The van der Waals surface area contributed by atoms with Gasteiger partial charge in [-0.3, -0.25) is 14.9 Å². The van der Waals surface area contributed by atoms with Crippen molar-refractivity contribution in [2.24, 2.45) is 5.92 Å². The molecule has 0 unspecified atom stereocenters. The Hall–Kier alpha value is -3.99.